The third-order valence-corrected chi connectivity index (χ3v) is 7.84. The molecule has 0 unspecified atom stereocenters. The predicted octanol–water partition coefficient (Wildman–Crippen LogP) is 5.89. The number of hydrogen-bond donors (Lipinski definition) is 2. The number of ketones is 1. The highest BCUT2D eigenvalue weighted by atomic mass is 16.5. The second-order valence-electron chi connectivity index (χ2n) is 11.8. The lowest BCUT2D eigenvalue weighted by molar-refractivity contribution is 0.0549. The predicted molar refractivity (Wildman–Crippen MR) is 176 cm³/mol. The summed E-state index contributed by atoms with van der Waals surface area (Å²) in [6, 6.07) is 18.8. The number of Topliss-reactive ketones (excluding diaryl/α,β-unsaturated/α-hetero) is 1. The lowest BCUT2D eigenvalue weighted by atomic mass is 9.92. The highest BCUT2D eigenvalue weighted by molar-refractivity contribution is 6.06. The molecular formula is C36H34N4O7. The molecule has 47 heavy (non-hydrogen) atoms. The Morgan fingerprint density at radius 1 is 0.979 bits per heavy atom. The van der Waals surface area contributed by atoms with E-state index in [9.17, 15) is 19.5 Å². The van der Waals surface area contributed by atoms with Gasteiger partial charge in [0, 0.05) is 47.4 Å². The Balaban J connectivity index is 1.22. The van der Waals surface area contributed by atoms with Gasteiger partial charge in [-0.1, -0.05) is 18.2 Å². The largest absolute Gasteiger partial charge is 0.493 e. The second kappa shape index (κ2) is 13.1. The molecule has 2 N–H and O–H groups in total. The SMILES string of the molecule is COc1cc2c(Oc3ccc(NC(=O)c4cc5c(n(-c6ccccc6)c4=O)CCCC5=O)nc3)ccnc2cc1OCCC(C)(C)O. The van der Waals surface area contributed by atoms with Crippen molar-refractivity contribution in [2.45, 2.75) is 45.1 Å². The van der Waals surface area contributed by atoms with E-state index in [1.165, 1.54) is 23.9 Å². The van der Waals surface area contributed by atoms with Crippen LogP contribution >= 0.6 is 0 Å². The summed E-state index contributed by atoms with van der Waals surface area (Å²) in [4.78, 5) is 48.6. The first-order chi connectivity index (χ1) is 22.6. The zero-order chi connectivity index (χ0) is 33.1. The smallest absolute Gasteiger partial charge is 0.268 e. The molecule has 3 aromatic heterocycles. The zero-order valence-electron chi connectivity index (χ0n) is 26.3. The summed E-state index contributed by atoms with van der Waals surface area (Å²) < 4.78 is 19.0. The molecule has 0 radical (unpaired) electrons. The van der Waals surface area contributed by atoms with Gasteiger partial charge in [0.1, 0.15) is 22.9 Å². The van der Waals surface area contributed by atoms with Gasteiger partial charge in [-0.15, -0.1) is 0 Å². The topological polar surface area (TPSA) is 142 Å². The van der Waals surface area contributed by atoms with Gasteiger partial charge < -0.3 is 24.6 Å². The molecule has 3 heterocycles. The number of nitrogens with one attached hydrogen (secondary N) is 1. The number of nitrogens with zero attached hydrogens (tertiary/aromatic N) is 3. The van der Waals surface area contributed by atoms with Crippen molar-refractivity contribution in [2.24, 2.45) is 0 Å². The van der Waals surface area contributed by atoms with Crippen LogP contribution in [0.4, 0.5) is 5.82 Å². The number of methoxy groups -OCH3 is 1. The summed E-state index contributed by atoms with van der Waals surface area (Å²) in [5.41, 5.74) is 0.691. The molecule has 1 aliphatic carbocycles. The van der Waals surface area contributed by atoms with Crippen molar-refractivity contribution in [1.29, 1.82) is 0 Å². The number of hydrogen-bond acceptors (Lipinski definition) is 9. The average Bonchev–Trinajstić information content (AvgIpc) is 3.05. The van der Waals surface area contributed by atoms with Gasteiger partial charge >= 0.3 is 0 Å². The van der Waals surface area contributed by atoms with Crippen LogP contribution in [-0.4, -0.2) is 50.6 Å². The number of carbonyl (C=O) groups is 2. The normalized spacial score (nSPS) is 12.8. The van der Waals surface area contributed by atoms with Crippen molar-refractivity contribution in [3.63, 3.8) is 0 Å². The van der Waals surface area contributed by atoms with E-state index in [2.05, 4.69) is 15.3 Å². The van der Waals surface area contributed by atoms with E-state index in [0.717, 1.165) is 0 Å². The van der Waals surface area contributed by atoms with Crippen molar-refractivity contribution in [3.8, 4) is 28.7 Å². The van der Waals surface area contributed by atoms with Crippen LogP contribution in [0.3, 0.4) is 0 Å². The van der Waals surface area contributed by atoms with Gasteiger partial charge in [0.25, 0.3) is 11.5 Å². The van der Waals surface area contributed by atoms with Gasteiger partial charge in [-0.25, -0.2) is 4.98 Å². The van der Waals surface area contributed by atoms with Crippen LogP contribution in [0.1, 0.15) is 59.5 Å². The fourth-order valence-electron chi connectivity index (χ4n) is 5.43. The molecule has 0 spiro atoms. The van der Waals surface area contributed by atoms with Crippen molar-refractivity contribution >= 4 is 28.4 Å². The van der Waals surface area contributed by atoms with Crippen LogP contribution in [0.25, 0.3) is 16.6 Å². The standard InChI is InChI=1S/C36H34N4O7/c1-36(2,44)15-17-46-32-20-27-24(19-31(32)45-3)30(14-16-37-27)47-23-12-13-33(38-21-23)39-34(42)26-18-25-28(10-7-11-29(25)41)40(35(26)43)22-8-5-4-6-9-22/h4-6,8-9,12-14,16,18-21,44H,7,10-11,15,17H2,1-3H3,(H,38,39,42). The Kier molecular flexibility index (Phi) is 8.73. The number of para-hydroxylation sites is 1. The Bertz CT molecular complexity index is 2020. The number of aromatic nitrogens is 3. The first-order valence-electron chi connectivity index (χ1n) is 15.3. The summed E-state index contributed by atoms with van der Waals surface area (Å²) in [6.45, 7) is 3.73. The first kappa shape index (κ1) is 31.4. The Hall–Kier alpha value is -5.55. The van der Waals surface area contributed by atoms with Crippen LogP contribution in [-0.2, 0) is 6.42 Å². The van der Waals surface area contributed by atoms with Crippen LogP contribution < -0.4 is 25.1 Å². The minimum Gasteiger partial charge on any atom is -0.493 e. The third-order valence-electron chi connectivity index (χ3n) is 7.84. The maximum atomic E-state index is 13.6. The number of anilines is 1. The van der Waals surface area contributed by atoms with Crippen LogP contribution in [0.2, 0.25) is 0 Å². The fraction of sp³-hybridized carbons (Fsp3) is 0.250. The van der Waals surface area contributed by atoms with Crippen molar-refractivity contribution < 1.29 is 28.9 Å². The number of aliphatic hydroxyl groups is 1. The van der Waals surface area contributed by atoms with E-state index in [0.29, 0.717) is 83.1 Å². The molecule has 5 aromatic rings. The molecule has 6 rings (SSSR count). The number of pyridine rings is 3. The highest BCUT2D eigenvalue weighted by Gasteiger charge is 2.26. The van der Waals surface area contributed by atoms with Gasteiger partial charge in [0.2, 0.25) is 0 Å². The molecule has 0 saturated carbocycles. The van der Waals surface area contributed by atoms with Gasteiger partial charge in [-0.2, -0.15) is 0 Å². The lowest BCUT2D eigenvalue weighted by Gasteiger charge is -2.21. The molecule has 0 aliphatic heterocycles. The summed E-state index contributed by atoms with van der Waals surface area (Å²) in [5.74, 6) is 1.30. The molecule has 2 aromatic carbocycles. The molecule has 1 amide bonds. The van der Waals surface area contributed by atoms with E-state index in [1.807, 2.05) is 6.07 Å². The minimum atomic E-state index is -0.860. The van der Waals surface area contributed by atoms with Crippen molar-refractivity contribution in [2.75, 3.05) is 19.0 Å². The number of ether oxygens (including phenoxy) is 3. The third kappa shape index (κ3) is 6.85. The van der Waals surface area contributed by atoms with E-state index in [4.69, 9.17) is 14.2 Å². The maximum Gasteiger partial charge on any atom is 0.268 e. The molecule has 0 bridgehead atoms. The van der Waals surface area contributed by atoms with Crippen molar-refractivity contribution in [1.82, 2.24) is 14.5 Å². The number of benzene rings is 2. The van der Waals surface area contributed by atoms with Crippen LogP contribution in [0, 0.1) is 0 Å². The molecule has 1 aliphatic rings. The van der Waals surface area contributed by atoms with Crippen LogP contribution in [0.15, 0.2) is 83.9 Å². The molecule has 240 valence electrons. The van der Waals surface area contributed by atoms with E-state index < -0.39 is 17.1 Å². The first-order valence-corrected chi connectivity index (χ1v) is 15.3. The minimum absolute atomic E-state index is 0.0969. The van der Waals surface area contributed by atoms with E-state index in [-0.39, 0.29) is 17.2 Å². The molecule has 0 saturated heterocycles. The number of fused-ring (bicyclic) bond motifs is 2. The quantitative estimate of drug-likeness (QED) is 0.192. The lowest BCUT2D eigenvalue weighted by Crippen LogP contribution is -2.33. The molecular weight excluding hydrogens is 600 g/mol. The Labute approximate surface area is 270 Å². The Morgan fingerprint density at radius 2 is 1.79 bits per heavy atom. The second-order valence-corrected chi connectivity index (χ2v) is 11.8. The van der Waals surface area contributed by atoms with Crippen molar-refractivity contribution in [3.05, 3.63) is 106 Å². The van der Waals surface area contributed by atoms with Gasteiger partial charge in [0.15, 0.2) is 17.3 Å². The van der Waals surface area contributed by atoms with E-state index >= 15 is 0 Å². The highest BCUT2D eigenvalue weighted by Crippen LogP contribution is 2.37. The zero-order valence-corrected chi connectivity index (χ0v) is 26.3. The molecule has 0 fully saturated rings. The van der Waals surface area contributed by atoms with Gasteiger partial charge in [0.05, 0.1) is 31.0 Å². The van der Waals surface area contributed by atoms with Crippen LogP contribution in [0.5, 0.6) is 23.0 Å². The molecule has 11 heteroatoms. The van der Waals surface area contributed by atoms with Gasteiger partial charge in [-0.3, -0.25) is 23.9 Å². The van der Waals surface area contributed by atoms with E-state index in [1.54, 1.807) is 74.6 Å². The monoisotopic (exact) mass is 634 g/mol. The molecule has 0 atom stereocenters. The summed E-state index contributed by atoms with van der Waals surface area (Å²) >= 11 is 0. The summed E-state index contributed by atoms with van der Waals surface area (Å²) in [6.07, 6.45) is 5.07. The number of amides is 1. The summed E-state index contributed by atoms with van der Waals surface area (Å²) in [5, 5.41) is 13.4. The summed E-state index contributed by atoms with van der Waals surface area (Å²) in [7, 11) is 1.54. The fourth-order valence-corrected chi connectivity index (χ4v) is 5.43. The number of carbonyl (C=O) groups excluding carboxylic acids is 2. The Morgan fingerprint density at radius 3 is 2.51 bits per heavy atom. The molecule has 11 nitrogen and oxygen atoms in total. The maximum absolute atomic E-state index is 13.6. The number of rotatable bonds is 10. The average molecular weight is 635 g/mol. The van der Waals surface area contributed by atoms with Gasteiger partial charge in [-0.05, 0) is 69.2 Å².